The number of rotatable bonds is 6. The molecule has 0 radical (unpaired) electrons. The summed E-state index contributed by atoms with van der Waals surface area (Å²) in [4.78, 5) is 18.2. The highest BCUT2D eigenvalue weighted by Crippen LogP contribution is 2.48. The maximum Gasteiger partial charge on any atom is 0.230 e. The van der Waals surface area contributed by atoms with E-state index in [1.54, 1.807) is 6.07 Å². The molecule has 1 amide bonds. The zero-order valence-corrected chi connectivity index (χ0v) is 17.5. The number of amides is 1. The van der Waals surface area contributed by atoms with E-state index < -0.39 is 0 Å². The van der Waals surface area contributed by atoms with E-state index in [1.807, 2.05) is 35.4 Å². The minimum Gasteiger partial charge on any atom is -0.337 e. The minimum absolute atomic E-state index is 0.186. The summed E-state index contributed by atoms with van der Waals surface area (Å²) in [6.07, 6.45) is 7.32. The molecular formula is C25H27F2N3O. The quantitative estimate of drug-likeness (QED) is 0.625. The van der Waals surface area contributed by atoms with Gasteiger partial charge in [-0.15, -0.1) is 0 Å². The molecule has 31 heavy (non-hydrogen) atoms. The second-order valence-electron chi connectivity index (χ2n) is 8.70. The number of anilines is 2. The lowest BCUT2D eigenvalue weighted by atomic mass is 9.89. The van der Waals surface area contributed by atoms with Crippen molar-refractivity contribution in [2.45, 2.75) is 37.6 Å². The summed E-state index contributed by atoms with van der Waals surface area (Å²) in [6.45, 7) is 3.64. The van der Waals surface area contributed by atoms with Crippen LogP contribution in [-0.4, -0.2) is 47.9 Å². The Balaban J connectivity index is 1.27. The second-order valence-corrected chi connectivity index (χ2v) is 8.70. The predicted molar refractivity (Wildman–Crippen MR) is 117 cm³/mol. The Kier molecular flexibility index (Phi) is 5.48. The maximum atomic E-state index is 14.1. The SMILES string of the molecule is O=C1CC=CN1CCCCN1CC[C@@H]2[C@@H](C1)c1cc(F)ccc1N2c1ccc(F)cc1. The Morgan fingerprint density at radius 1 is 0.968 bits per heavy atom. The van der Waals surface area contributed by atoms with E-state index in [2.05, 4.69) is 9.80 Å². The van der Waals surface area contributed by atoms with Crippen molar-refractivity contribution in [1.29, 1.82) is 0 Å². The van der Waals surface area contributed by atoms with Gasteiger partial charge in [-0.25, -0.2) is 8.78 Å². The highest BCUT2D eigenvalue weighted by atomic mass is 19.1. The van der Waals surface area contributed by atoms with Gasteiger partial charge in [0.05, 0.1) is 0 Å². The fourth-order valence-electron chi connectivity index (χ4n) is 5.28. The van der Waals surface area contributed by atoms with Crippen molar-refractivity contribution >= 4 is 17.3 Å². The van der Waals surface area contributed by atoms with Crippen LogP contribution in [-0.2, 0) is 4.79 Å². The standard InChI is InChI=1S/C25H27F2N3O/c26-18-5-8-20(9-6-18)30-23-10-7-19(27)16-21(23)22-17-28(15-11-24(22)30)12-1-2-13-29-14-3-4-25(29)31/h3,5-10,14,16,22,24H,1-2,4,11-13,15,17H2/t22-,24+/m0/s1. The molecule has 3 aliphatic rings. The van der Waals surface area contributed by atoms with Gasteiger partial charge in [0.1, 0.15) is 11.6 Å². The monoisotopic (exact) mass is 423 g/mol. The molecule has 1 saturated heterocycles. The third kappa shape index (κ3) is 3.97. The van der Waals surface area contributed by atoms with Crippen LogP contribution in [0.2, 0.25) is 0 Å². The normalized spacial score (nSPS) is 22.8. The molecule has 0 spiro atoms. The van der Waals surface area contributed by atoms with Crippen LogP contribution >= 0.6 is 0 Å². The number of carbonyl (C=O) groups is 1. The van der Waals surface area contributed by atoms with E-state index in [0.29, 0.717) is 6.42 Å². The highest BCUT2D eigenvalue weighted by Gasteiger charge is 2.42. The van der Waals surface area contributed by atoms with E-state index in [4.69, 9.17) is 0 Å². The summed E-state index contributed by atoms with van der Waals surface area (Å²) >= 11 is 0. The fourth-order valence-corrected chi connectivity index (χ4v) is 5.28. The molecule has 0 bridgehead atoms. The van der Waals surface area contributed by atoms with Gasteiger partial charge in [0.15, 0.2) is 0 Å². The van der Waals surface area contributed by atoms with E-state index in [-0.39, 0.29) is 29.5 Å². The first-order chi connectivity index (χ1) is 15.1. The zero-order valence-electron chi connectivity index (χ0n) is 17.5. The van der Waals surface area contributed by atoms with Gasteiger partial charge in [0, 0.05) is 55.6 Å². The number of halogens is 2. The Labute approximate surface area is 181 Å². The molecule has 2 aromatic carbocycles. The second kappa shape index (κ2) is 8.42. The number of benzene rings is 2. The van der Waals surface area contributed by atoms with E-state index in [9.17, 15) is 13.6 Å². The molecule has 0 aromatic heterocycles. The summed E-state index contributed by atoms with van der Waals surface area (Å²) in [5.41, 5.74) is 3.04. The molecular weight excluding hydrogens is 396 g/mol. The van der Waals surface area contributed by atoms with Crippen molar-refractivity contribution in [2.75, 3.05) is 31.1 Å². The van der Waals surface area contributed by atoms with E-state index in [0.717, 1.165) is 62.4 Å². The average molecular weight is 424 g/mol. The number of likely N-dealkylation sites (tertiary alicyclic amines) is 1. The lowest BCUT2D eigenvalue weighted by molar-refractivity contribution is -0.126. The van der Waals surface area contributed by atoms with E-state index in [1.165, 1.54) is 18.2 Å². The number of hydrogen-bond acceptors (Lipinski definition) is 3. The van der Waals surface area contributed by atoms with Gasteiger partial charge in [0.25, 0.3) is 0 Å². The average Bonchev–Trinajstić information content (AvgIpc) is 3.32. The smallest absolute Gasteiger partial charge is 0.230 e. The number of hydrogen-bond donors (Lipinski definition) is 0. The molecule has 162 valence electrons. The van der Waals surface area contributed by atoms with Crippen LogP contribution < -0.4 is 4.90 Å². The Morgan fingerprint density at radius 2 is 1.74 bits per heavy atom. The zero-order chi connectivity index (χ0) is 21.4. The Hall–Kier alpha value is -2.73. The van der Waals surface area contributed by atoms with Crippen LogP contribution in [0.3, 0.4) is 0 Å². The largest absolute Gasteiger partial charge is 0.337 e. The Morgan fingerprint density at radius 3 is 2.52 bits per heavy atom. The van der Waals surface area contributed by atoms with Crippen LogP contribution in [0.15, 0.2) is 54.7 Å². The summed E-state index contributed by atoms with van der Waals surface area (Å²) in [7, 11) is 0. The molecule has 2 atom stereocenters. The maximum absolute atomic E-state index is 14.1. The molecule has 3 aliphatic heterocycles. The van der Waals surface area contributed by atoms with Crippen molar-refractivity contribution in [3.63, 3.8) is 0 Å². The molecule has 2 aromatic rings. The van der Waals surface area contributed by atoms with Gasteiger partial charge < -0.3 is 14.7 Å². The third-order valence-electron chi connectivity index (χ3n) is 6.77. The van der Waals surface area contributed by atoms with Crippen LogP contribution in [0.25, 0.3) is 0 Å². The first-order valence-electron chi connectivity index (χ1n) is 11.1. The number of unbranched alkanes of at least 4 members (excludes halogenated alkanes) is 1. The predicted octanol–water partition coefficient (Wildman–Crippen LogP) is 4.80. The topological polar surface area (TPSA) is 26.8 Å². The van der Waals surface area contributed by atoms with Gasteiger partial charge in [-0.05, 0) is 73.8 Å². The third-order valence-corrected chi connectivity index (χ3v) is 6.77. The summed E-state index contributed by atoms with van der Waals surface area (Å²) < 4.78 is 27.6. The van der Waals surface area contributed by atoms with Crippen LogP contribution in [0, 0.1) is 11.6 Å². The van der Waals surface area contributed by atoms with Crippen molar-refractivity contribution in [3.8, 4) is 0 Å². The van der Waals surface area contributed by atoms with Crippen molar-refractivity contribution in [3.05, 3.63) is 71.9 Å². The molecule has 0 N–H and O–H groups in total. The first kappa shape index (κ1) is 20.2. The van der Waals surface area contributed by atoms with Crippen molar-refractivity contribution in [2.24, 2.45) is 0 Å². The Bertz CT molecular complexity index is 991. The summed E-state index contributed by atoms with van der Waals surface area (Å²) in [5, 5.41) is 0. The van der Waals surface area contributed by atoms with Gasteiger partial charge in [-0.1, -0.05) is 6.08 Å². The lowest BCUT2D eigenvalue weighted by Crippen LogP contribution is -2.45. The molecule has 0 aliphatic carbocycles. The summed E-state index contributed by atoms with van der Waals surface area (Å²) in [5.74, 6) is -0.0439. The molecule has 6 heteroatoms. The number of carbonyl (C=O) groups excluding carboxylic acids is 1. The molecule has 4 nitrogen and oxygen atoms in total. The van der Waals surface area contributed by atoms with Gasteiger partial charge in [0.2, 0.25) is 5.91 Å². The minimum atomic E-state index is -0.250. The van der Waals surface area contributed by atoms with E-state index >= 15 is 0 Å². The fraction of sp³-hybridized carbons (Fsp3) is 0.400. The van der Waals surface area contributed by atoms with Gasteiger partial charge in [-0.2, -0.15) is 0 Å². The molecule has 1 fully saturated rings. The van der Waals surface area contributed by atoms with Crippen LogP contribution in [0.5, 0.6) is 0 Å². The molecule has 3 heterocycles. The number of piperidine rings is 1. The number of fused-ring (bicyclic) bond motifs is 3. The first-order valence-corrected chi connectivity index (χ1v) is 11.1. The van der Waals surface area contributed by atoms with Crippen LogP contribution in [0.4, 0.5) is 20.2 Å². The number of nitrogens with zero attached hydrogens (tertiary/aromatic N) is 3. The lowest BCUT2D eigenvalue weighted by Gasteiger charge is -2.39. The van der Waals surface area contributed by atoms with Gasteiger partial charge in [-0.3, -0.25) is 4.79 Å². The van der Waals surface area contributed by atoms with Crippen molar-refractivity contribution in [1.82, 2.24) is 9.80 Å². The van der Waals surface area contributed by atoms with Gasteiger partial charge >= 0.3 is 0 Å². The molecule has 0 unspecified atom stereocenters. The molecule has 5 rings (SSSR count). The van der Waals surface area contributed by atoms with Crippen LogP contribution in [0.1, 0.15) is 37.2 Å². The molecule has 0 saturated carbocycles. The summed E-state index contributed by atoms with van der Waals surface area (Å²) in [6, 6.07) is 11.9. The van der Waals surface area contributed by atoms with Crippen molar-refractivity contribution < 1.29 is 13.6 Å². The highest BCUT2D eigenvalue weighted by molar-refractivity contribution is 5.81.